The van der Waals surface area contributed by atoms with Crippen molar-refractivity contribution in [2.45, 2.75) is 59.0 Å². The second kappa shape index (κ2) is 9.69. The summed E-state index contributed by atoms with van der Waals surface area (Å²) in [6.45, 7) is 10.5. The van der Waals surface area contributed by atoms with E-state index in [0.717, 1.165) is 31.6 Å². The molecule has 1 saturated heterocycles. The third kappa shape index (κ3) is 4.85. The summed E-state index contributed by atoms with van der Waals surface area (Å²) >= 11 is 0. The van der Waals surface area contributed by atoms with E-state index in [0.29, 0.717) is 6.04 Å². The number of fused-ring (bicyclic) bond motifs is 1. The molecule has 1 aromatic heterocycles. The minimum Gasteiger partial charge on any atom is -0.352 e. The van der Waals surface area contributed by atoms with Gasteiger partial charge in [-0.15, -0.1) is 0 Å². The van der Waals surface area contributed by atoms with Crippen molar-refractivity contribution in [3.05, 3.63) is 70.9 Å². The summed E-state index contributed by atoms with van der Waals surface area (Å²) in [5, 5.41) is 4.30. The Labute approximate surface area is 186 Å². The summed E-state index contributed by atoms with van der Waals surface area (Å²) in [4.78, 5) is 15.3. The number of benzene rings is 2. The molecule has 4 rings (SSSR count). The number of piperidine rings is 1. The molecule has 0 spiro atoms. The molecule has 0 unspecified atom stereocenters. The van der Waals surface area contributed by atoms with Crippen LogP contribution < -0.4 is 5.32 Å². The first kappa shape index (κ1) is 21.6. The lowest BCUT2D eigenvalue weighted by Gasteiger charge is -2.33. The number of likely N-dealkylation sites (tertiary alicyclic amines) is 1. The topological polar surface area (TPSA) is 37.3 Å². The van der Waals surface area contributed by atoms with E-state index in [4.69, 9.17) is 0 Å². The van der Waals surface area contributed by atoms with E-state index < -0.39 is 0 Å². The van der Waals surface area contributed by atoms with E-state index in [1.165, 1.54) is 53.5 Å². The monoisotopic (exact) mass is 417 g/mol. The maximum Gasteiger partial charge on any atom is 0.251 e. The molecule has 2 heterocycles. The molecule has 1 atom stereocenters. The highest BCUT2D eigenvalue weighted by Crippen LogP contribution is 2.27. The van der Waals surface area contributed by atoms with Crippen LogP contribution in [0.2, 0.25) is 0 Å². The van der Waals surface area contributed by atoms with Gasteiger partial charge in [0.1, 0.15) is 0 Å². The van der Waals surface area contributed by atoms with Crippen molar-refractivity contribution in [3.63, 3.8) is 0 Å². The summed E-state index contributed by atoms with van der Waals surface area (Å²) in [5.41, 5.74) is 5.73. The van der Waals surface area contributed by atoms with Gasteiger partial charge in [-0.2, -0.15) is 0 Å². The van der Waals surface area contributed by atoms with Crippen LogP contribution in [0, 0.1) is 13.8 Å². The standard InChI is InChI=1S/C27H35N3O/c1-20-10-7-8-16-29(20)17-9-15-28-27(31)24-13-14-26-25(18-24)21(2)22(3)30(26)19-23-11-5-4-6-12-23/h4-6,11-14,18,20H,7-10,15-17,19H2,1-3H3,(H,28,31)/t20-/m1/s1. The number of nitrogens with one attached hydrogen (secondary N) is 1. The highest BCUT2D eigenvalue weighted by molar-refractivity contribution is 5.99. The number of amides is 1. The fraction of sp³-hybridized carbons (Fsp3) is 0.444. The quantitative estimate of drug-likeness (QED) is 0.530. The maximum atomic E-state index is 12.8. The number of carbonyl (C=O) groups excluding carboxylic acids is 1. The van der Waals surface area contributed by atoms with Crippen LogP contribution in [-0.2, 0) is 6.54 Å². The number of hydrogen-bond acceptors (Lipinski definition) is 2. The summed E-state index contributed by atoms with van der Waals surface area (Å²) in [5.74, 6) is 0.0291. The summed E-state index contributed by atoms with van der Waals surface area (Å²) < 4.78 is 2.35. The molecular weight excluding hydrogens is 382 g/mol. The van der Waals surface area contributed by atoms with Crippen molar-refractivity contribution in [2.24, 2.45) is 0 Å². The third-order valence-electron chi connectivity index (χ3n) is 6.93. The number of carbonyl (C=O) groups is 1. The molecule has 31 heavy (non-hydrogen) atoms. The molecule has 1 N–H and O–H groups in total. The summed E-state index contributed by atoms with van der Waals surface area (Å²) in [7, 11) is 0. The van der Waals surface area contributed by atoms with Crippen molar-refractivity contribution < 1.29 is 4.79 Å². The minimum absolute atomic E-state index is 0.0291. The predicted octanol–water partition coefficient (Wildman–Crippen LogP) is 5.30. The molecule has 1 amide bonds. The average molecular weight is 418 g/mol. The van der Waals surface area contributed by atoms with Crippen LogP contribution in [0.4, 0.5) is 0 Å². The zero-order valence-electron chi connectivity index (χ0n) is 19.2. The molecule has 4 nitrogen and oxygen atoms in total. The molecule has 0 saturated carbocycles. The Morgan fingerprint density at radius 1 is 1.10 bits per heavy atom. The van der Waals surface area contributed by atoms with E-state index in [2.05, 4.69) is 72.0 Å². The van der Waals surface area contributed by atoms with E-state index in [1.54, 1.807) is 0 Å². The van der Waals surface area contributed by atoms with Crippen molar-refractivity contribution in [3.8, 4) is 0 Å². The normalized spacial score (nSPS) is 17.2. The Balaban J connectivity index is 1.41. The summed E-state index contributed by atoms with van der Waals surface area (Å²) in [6.07, 6.45) is 4.96. The smallest absolute Gasteiger partial charge is 0.251 e. The van der Waals surface area contributed by atoms with Crippen LogP contribution in [0.5, 0.6) is 0 Å². The molecule has 164 valence electrons. The molecular formula is C27H35N3O. The number of aryl methyl sites for hydroxylation is 1. The second-order valence-electron chi connectivity index (χ2n) is 9.00. The number of rotatable bonds is 7. The van der Waals surface area contributed by atoms with Gasteiger partial charge >= 0.3 is 0 Å². The van der Waals surface area contributed by atoms with Gasteiger partial charge in [0.25, 0.3) is 5.91 Å². The Morgan fingerprint density at radius 2 is 1.90 bits per heavy atom. The van der Waals surface area contributed by atoms with Crippen LogP contribution in [0.1, 0.15) is 59.8 Å². The van der Waals surface area contributed by atoms with Crippen molar-refractivity contribution in [1.82, 2.24) is 14.8 Å². The van der Waals surface area contributed by atoms with E-state index >= 15 is 0 Å². The minimum atomic E-state index is 0.0291. The largest absolute Gasteiger partial charge is 0.352 e. The number of hydrogen-bond donors (Lipinski definition) is 1. The SMILES string of the molecule is Cc1c(C)n(Cc2ccccc2)c2ccc(C(=O)NCCCN3CCCC[C@H]3C)cc12. The van der Waals surface area contributed by atoms with Crippen LogP contribution in [0.25, 0.3) is 10.9 Å². The zero-order chi connectivity index (χ0) is 21.8. The van der Waals surface area contributed by atoms with Gasteiger partial charge in [0.05, 0.1) is 0 Å². The molecule has 2 aromatic carbocycles. The number of nitrogens with zero attached hydrogens (tertiary/aromatic N) is 2. The molecule has 0 aliphatic carbocycles. The molecule has 4 heteroatoms. The van der Waals surface area contributed by atoms with Crippen LogP contribution >= 0.6 is 0 Å². The molecule has 1 aliphatic heterocycles. The Hall–Kier alpha value is -2.59. The fourth-order valence-corrected chi connectivity index (χ4v) is 4.84. The number of aromatic nitrogens is 1. The first-order chi connectivity index (χ1) is 15.0. The Morgan fingerprint density at radius 3 is 2.68 bits per heavy atom. The van der Waals surface area contributed by atoms with Crippen LogP contribution in [0.3, 0.4) is 0 Å². The lowest BCUT2D eigenvalue weighted by molar-refractivity contribution is 0.0949. The highest BCUT2D eigenvalue weighted by atomic mass is 16.1. The highest BCUT2D eigenvalue weighted by Gasteiger charge is 2.18. The lowest BCUT2D eigenvalue weighted by Crippen LogP contribution is -2.39. The molecule has 3 aromatic rings. The van der Waals surface area contributed by atoms with Gasteiger partial charge in [-0.3, -0.25) is 4.79 Å². The Bertz CT molecular complexity index is 1040. The molecule has 1 fully saturated rings. The van der Waals surface area contributed by atoms with Gasteiger partial charge in [-0.05, 0) is 75.9 Å². The third-order valence-corrected chi connectivity index (χ3v) is 6.93. The van der Waals surface area contributed by atoms with Crippen LogP contribution in [-0.4, -0.2) is 41.1 Å². The van der Waals surface area contributed by atoms with Gasteiger partial charge in [-0.1, -0.05) is 36.8 Å². The maximum absolute atomic E-state index is 12.8. The fourth-order valence-electron chi connectivity index (χ4n) is 4.84. The van der Waals surface area contributed by atoms with Gasteiger partial charge in [0.15, 0.2) is 0 Å². The van der Waals surface area contributed by atoms with E-state index in [1.807, 2.05) is 12.1 Å². The van der Waals surface area contributed by atoms with Gasteiger partial charge in [-0.25, -0.2) is 0 Å². The average Bonchev–Trinajstić information content (AvgIpc) is 3.02. The first-order valence-corrected chi connectivity index (χ1v) is 11.7. The van der Waals surface area contributed by atoms with Crippen LogP contribution in [0.15, 0.2) is 48.5 Å². The van der Waals surface area contributed by atoms with Crippen molar-refractivity contribution in [2.75, 3.05) is 19.6 Å². The van der Waals surface area contributed by atoms with Crippen molar-refractivity contribution >= 4 is 16.8 Å². The van der Waals surface area contributed by atoms with Gasteiger partial charge in [0.2, 0.25) is 0 Å². The van der Waals surface area contributed by atoms with Gasteiger partial charge in [0, 0.05) is 47.8 Å². The van der Waals surface area contributed by atoms with Gasteiger partial charge < -0.3 is 14.8 Å². The molecule has 0 bridgehead atoms. The molecule has 1 aliphatic rings. The zero-order valence-corrected chi connectivity index (χ0v) is 19.2. The molecule has 0 radical (unpaired) electrons. The predicted molar refractivity (Wildman–Crippen MR) is 129 cm³/mol. The van der Waals surface area contributed by atoms with E-state index in [-0.39, 0.29) is 5.91 Å². The Kier molecular flexibility index (Phi) is 6.77. The van der Waals surface area contributed by atoms with Crippen molar-refractivity contribution in [1.29, 1.82) is 0 Å². The second-order valence-corrected chi connectivity index (χ2v) is 9.00. The first-order valence-electron chi connectivity index (χ1n) is 11.7. The lowest BCUT2D eigenvalue weighted by atomic mass is 10.0. The summed E-state index contributed by atoms with van der Waals surface area (Å²) in [6, 6.07) is 17.3. The van der Waals surface area contributed by atoms with E-state index in [9.17, 15) is 4.79 Å².